The molecule has 0 N–H and O–H groups in total. The minimum atomic E-state index is -0.605. The average molecular weight is 324 g/mol. The summed E-state index contributed by atoms with van der Waals surface area (Å²) in [6.07, 6.45) is 1.63. The van der Waals surface area contributed by atoms with E-state index in [-0.39, 0.29) is 11.4 Å². The Morgan fingerprint density at radius 2 is 1.33 bits per heavy atom. The smallest absolute Gasteiger partial charge is 0.316 e. The number of benzene rings is 2. The van der Waals surface area contributed by atoms with Crippen LogP contribution in [0.3, 0.4) is 0 Å². The molecular formula is C22H28O2. The molecule has 0 aliphatic rings. The van der Waals surface area contributed by atoms with E-state index in [1.165, 1.54) is 5.56 Å². The van der Waals surface area contributed by atoms with Crippen molar-refractivity contribution in [3.05, 3.63) is 71.8 Å². The van der Waals surface area contributed by atoms with Crippen LogP contribution in [-0.2, 0) is 20.4 Å². The summed E-state index contributed by atoms with van der Waals surface area (Å²) >= 11 is 0. The standard InChI is InChI=1S/C22H28O2/c1-5-21(3,18-13-9-7-10-14-18)17-24-20(23)22(4,6-2)19-15-11-8-12-16-19/h7-16H,5-6,17H2,1-4H3/t21-,22-/m1/s1. The van der Waals surface area contributed by atoms with Crippen LogP contribution in [-0.4, -0.2) is 12.6 Å². The van der Waals surface area contributed by atoms with Crippen molar-refractivity contribution >= 4 is 5.97 Å². The Balaban J connectivity index is 2.16. The number of hydrogen-bond donors (Lipinski definition) is 0. The summed E-state index contributed by atoms with van der Waals surface area (Å²) in [5.41, 5.74) is 1.45. The van der Waals surface area contributed by atoms with Crippen molar-refractivity contribution in [1.82, 2.24) is 0 Å². The maximum Gasteiger partial charge on any atom is 0.316 e. The quantitative estimate of drug-likeness (QED) is 0.649. The Morgan fingerprint density at radius 3 is 1.79 bits per heavy atom. The van der Waals surface area contributed by atoms with Crippen molar-refractivity contribution in [1.29, 1.82) is 0 Å². The molecule has 0 fully saturated rings. The van der Waals surface area contributed by atoms with Crippen molar-refractivity contribution in [3.63, 3.8) is 0 Å². The van der Waals surface area contributed by atoms with Gasteiger partial charge in [0, 0.05) is 5.41 Å². The third kappa shape index (κ3) is 3.69. The first kappa shape index (κ1) is 18.3. The predicted molar refractivity (Wildman–Crippen MR) is 99.1 cm³/mol. The van der Waals surface area contributed by atoms with Crippen LogP contribution in [0.5, 0.6) is 0 Å². The molecule has 0 aromatic heterocycles. The number of esters is 1. The summed E-state index contributed by atoms with van der Waals surface area (Å²) in [5, 5.41) is 0. The fourth-order valence-electron chi connectivity index (χ4n) is 2.89. The summed E-state index contributed by atoms with van der Waals surface area (Å²) in [6, 6.07) is 20.2. The molecule has 2 heteroatoms. The van der Waals surface area contributed by atoms with Gasteiger partial charge in [0.2, 0.25) is 0 Å². The summed E-state index contributed by atoms with van der Waals surface area (Å²) < 4.78 is 5.82. The van der Waals surface area contributed by atoms with E-state index >= 15 is 0 Å². The number of ether oxygens (including phenoxy) is 1. The first-order valence-corrected chi connectivity index (χ1v) is 8.74. The predicted octanol–water partition coefficient (Wildman–Crippen LogP) is 5.27. The van der Waals surface area contributed by atoms with Crippen molar-refractivity contribution in [2.75, 3.05) is 6.61 Å². The fourth-order valence-corrected chi connectivity index (χ4v) is 2.89. The number of rotatable bonds is 7. The summed E-state index contributed by atoms with van der Waals surface area (Å²) in [5.74, 6) is -0.146. The van der Waals surface area contributed by atoms with Crippen LogP contribution < -0.4 is 0 Å². The van der Waals surface area contributed by atoms with Gasteiger partial charge in [0.15, 0.2) is 0 Å². The molecule has 0 radical (unpaired) electrons. The molecule has 128 valence electrons. The van der Waals surface area contributed by atoms with Crippen molar-refractivity contribution in [3.8, 4) is 0 Å². The Labute approximate surface area is 145 Å². The molecule has 0 saturated carbocycles. The lowest BCUT2D eigenvalue weighted by atomic mass is 9.79. The zero-order valence-electron chi connectivity index (χ0n) is 15.2. The number of hydrogen-bond acceptors (Lipinski definition) is 2. The highest BCUT2D eigenvalue weighted by Gasteiger charge is 2.36. The first-order valence-electron chi connectivity index (χ1n) is 8.74. The van der Waals surface area contributed by atoms with E-state index in [1.54, 1.807) is 0 Å². The van der Waals surface area contributed by atoms with Gasteiger partial charge in [-0.1, -0.05) is 81.4 Å². The summed E-state index contributed by atoms with van der Waals surface area (Å²) in [4.78, 5) is 12.9. The van der Waals surface area contributed by atoms with Crippen molar-refractivity contribution in [2.45, 2.75) is 51.4 Å². The maximum atomic E-state index is 12.9. The SMILES string of the molecule is CC[C@](C)(COC(=O)[C@](C)(CC)c1ccccc1)c1ccccc1. The van der Waals surface area contributed by atoms with Crippen LogP contribution in [0.2, 0.25) is 0 Å². The molecule has 24 heavy (non-hydrogen) atoms. The summed E-state index contributed by atoms with van der Waals surface area (Å²) in [6.45, 7) is 8.69. The van der Waals surface area contributed by atoms with Gasteiger partial charge in [-0.15, -0.1) is 0 Å². The molecule has 0 saturated heterocycles. The van der Waals surface area contributed by atoms with Gasteiger partial charge in [-0.25, -0.2) is 0 Å². The Morgan fingerprint density at radius 1 is 0.833 bits per heavy atom. The minimum absolute atomic E-state index is 0.146. The van der Waals surface area contributed by atoms with E-state index in [0.717, 1.165) is 12.0 Å². The molecule has 0 aliphatic heterocycles. The molecule has 2 aromatic carbocycles. The van der Waals surface area contributed by atoms with E-state index in [0.29, 0.717) is 13.0 Å². The molecule has 2 aromatic rings. The van der Waals surface area contributed by atoms with E-state index < -0.39 is 5.41 Å². The van der Waals surface area contributed by atoms with Gasteiger partial charge in [-0.05, 0) is 30.9 Å². The Hall–Kier alpha value is -2.09. The van der Waals surface area contributed by atoms with Crippen molar-refractivity contribution < 1.29 is 9.53 Å². The average Bonchev–Trinajstić information content (AvgIpc) is 2.66. The van der Waals surface area contributed by atoms with Crippen LogP contribution >= 0.6 is 0 Å². The van der Waals surface area contributed by atoms with E-state index in [2.05, 4.69) is 26.0 Å². The molecule has 2 atom stereocenters. The largest absolute Gasteiger partial charge is 0.464 e. The van der Waals surface area contributed by atoms with E-state index in [9.17, 15) is 4.79 Å². The van der Waals surface area contributed by atoms with Crippen LogP contribution in [0.15, 0.2) is 60.7 Å². The van der Waals surface area contributed by atoms with Crippen LogP contribution in [0, 0.1) is 0 Å². The van der Waals surface area contributed by atoms with Gasteiger partial charge in [0.25, 0.3) is 0 Å². The molecule has 0 spiro atoms. The van der Waals surface area contributed by atoms with E-state index in [1.807, 2.05) is 62.4 Å². The molecular weight excluding hydrogens is 296 g/mol. The maximum absolute atomic E-state index is 12.9. The van der Waals surface area contributed by atoms with Gasteiger partial charge < -0.3 is 4.74 Å². The lowest BCUT2D eigenvalue weighted by Gasteiger charge is -2.32. The van der Waals surface area contributed by atoms with Gasteiger partial charge in [0.1, 0.15) is 6.61 Å². The molecule has 0 aliphatic carbocycles. The molecule has 2 nitrogen and oxygen atoms in total. The second-order valence-electron chi connectivity index (χ2n) is 6.91. The third-order valence-electron chi connectivity index (χ3n) is 5.34. The lowest BCUT2D eigenvalue weighted by molar-refractivity contribution is -0.152. The normalized spacial score (nSPS) is 16.0. The van der Waals surface area contributed by atoms with Gasteiger partial charge in [-0.2, -0.15) is 0 Å². The van der Waals surface area contributed by atoms with Crippen LogP contribution in [0.25, 0.3) is 0 Å². The highest BCUT2D eigenvalue weighted by atomic mass is 16.5. The molecule has 2 rings (SSSR count). The molecule has 0 amide bonds. The first-order chi connectivity index (χ1) is 11.5. The number of carbonyl (C=O) groups is 1. The van der Waals surface area contributed by atoms with Gasteiger partial charge >= 0.3 is 5.97 Å². The Kier molecular flexibility index (Phi) is 5.82. The number of carbonyl (C=O) groups excluding carboxylic acids is 1. The van der Waals surface area contributed by atoms with Crippen LogP contribution in [0.4, 0.5) is 0 Å². The van der Waals surface area contributed by atoms with E-state index in [4.69, 9.17) is 4.74 Å². The highest BCUT2D eigenvalue weighted by Crippen LogP contribution is 2.32. The van der Waals surface area contributed by atoms with Gasteiger partial charge in [-0.3, -0.25) is 4.79 Å². The minimum Gasteiger partial charge on any atom is -0.464 e. The Bertz CT molecular complexity index is 650. The zero-order valence-corrected chi connectivity index (χ0v) is 15.2. The summed E-state index contributed by atoms with van der Waals surface area (Å²) in [7, 11) is 0. The molecule has 0 unspecified atom stereocenters. The highest BCUT2D eigenvalue weighted by molar-refractivity contribution is 5.82. The lowest BCUT2D eigenvalue weighted by Crippen LogP contribution is -2.37. The topological polar surface area (TPSA) is 26.3 Å². The second-order valence-corrected chi connectivity index (χ2v) is 6.91. The molecule has 0 bridgehead atoms. The monoisotopic (exact) mass is 324 g/mol. The molecule has 0 heterocycles. The zero-order chi connectivity index (χ0) is 17.6. The third-order valence-corrected chi connectivity index (χ3v) is 5.34. The fraction of sp³-hybridized carbons (Fsp3) is 0.409. The van der Waals surface area contributed by atoms with Crippen LogP contribution in [0.1, 0.15) is 51.7 Å². The van der Waals surface area contributed by atoms with Gasteiger partial charge in [0.05, 0.1) is 5.41 Å². The van der Waals surface area contributed by atoms with Crippen molar-refractivity contribution in [2.24, 2.45) is 0 Å². The second kappa shape index (κ2) is 7.65.